The van der Waals surface area contributed by atoms with Gasteiger partial charge in [-0.3, -0.25) is 4.79 Å². The summed E-state index contributed by atoms with van der Waals surface area (Å²) in [5.41, 5.74) is 2.29. The van der Waals surface area contributed by atoms with Gasteiger partial charge in [0.1, 0.15) is 0 Å². The lowest BCUT2D eigenvalue weighted by atomic mass is 9.53. The number of carbonyl (C=O) groups is 1. The van der Waals surface area contributed by atoms with E-state index < -0.39 is 0 Å². The number of hydrogen-bond donors (Lipinski definition) is 0. The molecule has 1 saturated carbocycles. The topological polar surface area (TPSA) is 26.3 Å². The third-order valence-corrected chi connectivity index (χ3v) is 3.96. The minimum Gasteiger partial charge on any atom is -0.465 e. The van der Waals surface area contributed by atoms with Gasteiger partial charge in [0, 0.05) is 0 Å². The van der Waals surface area contributed by atoms with E-state index in [1.807, 2.05) is 6.92 Å². The van der Waals surface area contributed by atoms with Crippen molar-refractivity contribution < 1.29 is 9.53 Å². The van der Waals surface area contributed by atoms with Crippen LogP contribution < -0.4 is 0 Å². The Balaban J connectivity index is 2.38. The molecule has 0 aromatic carbocycles. The number of esters is 1. The summed E-state index contributed by atoms with van der Waals surface area (Å²) in [4.78, 5) is 11.4. The SMILES string of the molecule is C=C(C)CC(=O)OC[C@H]1C[C@@H](C(=C)C)C1(C)C. The zero-order chi connectivity index (χ0) is 13.2. The van der Waals surface area contributed by atoms with Gasteiger partial charge in [0.2, 0.25) is 0 Å². The van der Waals surface area contributed by atoms with Gasteiger partial charge in [0.25, 0.3) is 0 Å². The summed E-state index contributed by atoms with van der Waals surface area (Å²) < 4.78 is 5.29. The molecule has 0 N–H and O–H groups in total. The second-order valence-corrected chi connectivity index (χ2v) is 5.97. The van der Waals surface area contributed by atoms with Crippen LogP contribution in [0.5, 0.6) is 0 Å². The van der Waals surface area contributed by atoms with Crippen LogP contribution in [0.25, 0.3) is 0 Å². The molecule has 2 atom stereocenters. The molecule has 0 unspecified atom stereocenters. The molecule has 0 aromatic rings. The second kappa shape index (κ2) is 5.07. The van der Waals surface area contributed by atoms with E-state index in [0.29, 0.717) is 24.9 Å². The summed E-state index contributed by atoms with van der Waals surface area (Å²) in [6.45, 7) is 16.6. The van der Waals surface area contributed by atoms with Gasteiger partial charge in [-0.25, -0.2) is 0 Å². The molecule has 96 valence electrons. The highest BCUT2D eigenvalue weighted by Gasteiger charge is 2.48. The fourth-order valence-electron chi connectivity index (χ4n) is 2.63. The van der Waals surface area contributed by atoms with Crippen LogP contribution in [0.3, 0.4) is 0 Å². The van der Waals surface area contributed by atoms with E-state index in [-0.39, 0.29) is 11.4 Å². The highest BCUT2D eigenvalue weighted by Crippen LogP contribution is 2.54. The summed E-state index contributed by atoms with van der Waals surface area (Å²) in [6.07, 6.45) is 1.42. The lowest BCUT2D eigenvalue weighted by Crippen LogP contribution is -2.47. The Hall–Kier alpha value is -1.05. The van der Waals surface area contributed by atoms with Crippen molar-refractivity contribution in [3.8, 4) is 0 Å². The molecular weight excluding hydrogens is 212 g/mol. The first-order chi connectivity index (χ1) is 7.75. The van der Waals surface area contributed by atoms with Crippen LogP contribution in [-0.4, -0.2) is 12.6 Å². The second-order valence-electron chi connectivity index (χ2n) is 5.97. The molecule has 0 bridgehead atoms. The molecule has 1 fully saturated rings. The van der Waals surface area contributed by atoms with E-state index in [0.717, 1.165) is 12.0 Å². The molecule has 1 rings (SSSR count). The molecule has 0 spiro atoms. The maximum absolute atomic E-state index is 11.4. The molecule has 0 aliphatic heterocycles. The molecule has 1 aliphatic rings. The number of rotatable bonds is 5. The maximum atomic E-state index is 11.4. The first-order valence-corrected chi connectivity index (χ1v) is 6.20. The third kappa shape index (κ3) is 3.21. The maximum Gasteiger partial charge on any atom is 0.309 e. The average molecular weight is 236 g/mol. The summed E-state index contributed by atoms with van der Waals surface area (Å²) in [5.74, 6) is 0.859. The third-order valence-electron chi connectivity index (χ3n) is 3.96. The van der Waals surface area contributed by atoms with Gasteiger partial charge in [0.05, 0.1) is 13.0 Å². The molecule has 0 amide bonds. The largest absolute Gasteiger partial charge is 0.465 e. The summed E-state index contributed by atoms with van der Waals surface area (Å²) in [7, 11) is 0. The molecule has 0 aromatic heterocycles. The van der Waals surface area contributed by atoms with Gasteiger partial charge >= 0.3 is 5.97 Å². The van der Waals surface area contributed by atoms with E-state index in [9.17, 15) is 4.79 Å². The monoisotopic (exact) mass is 236 g/mol. The highest BCUT2D eigenvalue weighted by atomic mass is 16.5. The summed E-state index contributed by atoms with van der Waals surface area (Å²) in [5, 5.41) is 0. The molecule has 2 nitrogen and oxygen atoms in total. The first-order valence-electron chi connectivity index (χ1n) is 6.20. The van der Waals surface area contributed by atoms with Crippen LogP contribution in [0.1, 0.15) is 40.5 Å². The predicted molar refractivity (Wildman–Crippen MR) is 70.6 cm³/mol. The quantitative estimate of drug-likeness (QED) is 0.537. The van der Waals surface area contributed by atoms with Crippen molar-refractivity contribution in [3.63, 3.8) is 0 Å². The van der Waals surface area contributed by atoms with E-state index >= 15 is 0 Å². The Labute approximate surface area is 105 Å². The Morgan fingerprint density at radius 1 is 1.35 bits per heavy atom. The highest BCUT2D eigenvalue weighted by molar-refractivity contribution is 5.72. The lowest BCUT2D eigenvalue weighted by Gasteiger charge is -2.52. The fourth-order valence-corrected chi connectivity index (χ4v) is 2.63. The van der Waals surface area contributed by atoms with Gasteiger partial charge in [-0.05, 0) is 37.5 Å². The molecular formula is C15H24O2. The molecule has 2 heteroatoms. The number of hydrogen-bond acceptors (Lipinski definition) is 2. The smallest absolute Gasteiger partial charge is 0.309 e. The zero-order valence-corrected chi connectivity index (χ0v) is 11.5. The van der Waals surface area contributed by atoms with Gasteiger partial charge < -0.3 is 4.74 Å². The zero-order valence-electron chi connectivity index (χ0n) is 11.5. The van der Waals surface area contributed by atoms with E-state index in [1.165, 1.54) is 5.57 Å². The number of allylic oxidation sites excluding steroid dienone is 1. The van der Waals surface area contributed by atoms with Gasteiger partial charge in [0.15, 0.2) is 0 Å². The van der Waals surface area contributed by atoms with E-state index in [2.05, 4.69) is 33.9 Å². The van der Waals surface area contributed by atoms with Crippen LogP contribution >= 0.6 is 0 Å². The number of carbonyl (C=O) groups excluding carboxylic acids is 1. The Morgan fingerprint density at radius 3 is 2.35 bits per heavy atom. The van der Waals surface area contributed by atoms with Crippen molar-refractivity contribution in [2.24, 2.45) is 17.3 Å². The molecule has 0 heterocycles. The van der Waals surface area contributed by atoms with Crippen molar-refractivity contribution in [2.45, 2.75) is 40.5 Å². The van der Waals surface area contributed by atoms with Crippen LogP contribution in [0, 0.1) is 17.3 Å². The Bertz CT molecular complexity index is 339. The first kappa shape index (κ1) is 14.0. The van der Waals surface area contributed by atoms with Crippen molar-refractivity contribution in [1.82, 2.24) is 0 Å². The molecule has 17 heavy (non-hydrogen) atoms. The minimum atomic E-state index is -0.160. The fraction of sp³-hybridized carbons (Fsp3) is 0.667. The van der Waals surface area contributed by atoms with Gasteiger partial charge in [-0.15, -0.1) is 0 Å². The van der Waals surface area contributed by atoms with Crippen molar-refractivity contribution in [1.29, 1.82) is 0 Å². The average Bonchev–Trinajstić information content (AvgIpc) is 2.14. The Kier molecular flexibility index (Phi) is 4.18. The Morgan fingerprint density at radius 2 is 1.94 bits per heavy atom. The van der Waals surface area contributed by atoms with E-state index in [4.69, 9.17) is 4.74 Å². The lowest BCUT2D eigenvalue weighted by molar-refractivity contribution is -0.149. The normalized spacial score (nSPS) is 25.9. The molecule has 0 saturated heterocycles. The van der Waals surface area contributed by atoms with Gasteiger partial charge in [-0.2, -0.15) is 0 Å². The number of ether oxygens (including phenoxy) is 1. The van der Waals surface area contributed by atoms with E-state index in [1.54, 1.807) is 0 Å². The van der Waals surface area contributed by atoms with Crippen LogP contribution in [-0.2, 0) is 9.53 Å². The summed E-state index contributed by atoms with van der Waals surface area (Å²) >= 11 is 0. The summed E-state index contributed by atoms with van der Waals surface area (Å²) in [6, 6.07) is 0. The standard InChI is InChI=1S/C15H24O2/c1-10(2)7-14(16)17-9-12-8-13(11(3)4)15(12,5)6/h12-13H,1,3,7-9H2,2,4-6H3/t12-,13+/m1/s1. The van der Waals surface area contributed by atoms with Crippen molar-refractivity contribution >= 4 is 5.97 Å². The van der Waals surface area contributed by atoms with Crippen LogP contribution in [0.2, 0.25) is 0 Å². The van der Waals surface area contributed by atoms with Crippen molar-refractivity contribution in [3.05, 3.63) is 24.3 Å². The molecule has 0 radical (unpaired) electrons. The molecule has 1 aliphatic carbocycles. The van der Waals surface area contributed by atoms with Gasteiger partial charge in [-0.1, -0.05) is 38.2 Å². The van der Waals surface area contributed by atoms with Crippen LogP contribution in [0.4, 0.5) is 0 Å². The van der Waals surface area contributed by atoms with Crippen molar-refractivity contribution in [2.75, 3.05) is 6.61 Å². The van der Waals surface area contributed by atoms with Crippen LogP contribution in [0.15, 0.2) is 24.3 Å². The minimum absolute atomic E-state index is 0.160. The predicted octanol–water partition coefficient (Wildman–Crippen LogP) is 3.73.